The normalized spacial score (nSPS) is 17.4. The van der Waals surface area contributed by atoms with E-state index in [2.05, 4.69) is 15.6 Å². The smallest absolute Gasteiger partial charge is 0.161 e. The Hall–Kier alpha value is -2.08. The summed E-state index contributed by atoms with van der Waals surface area (Å²) in [4.78, 5) is 0. The molecule has 1 aromatic carbocycles. The van der Waals surface area contributed by atoms with Gasteiger partial charge in [-0.3, -0.25) is 4.68 Å². The van der Waals surface area contributed by atoms with E-state index in [4.69, 9.17) is 9.47 Å². The van der Waals surface area contributed by atoms with E-state index in [1.807, 2.05) is 37.5 Å². The highest BCUT2D eigenvalue weighted by Crippen LogP contribution is 2.30. The molecular formula is C13H16N4O2. The van der Waals surface area contributed by atoms with E-state index < -0.39 is 0 Å². The number of rotatable bonds is 4. The molecular weight excluding hydrogens is 244 g/mol. The number of aryl methyl sites for hydroxylation is 1. The first kappa shape index (κ1) is 12.0. The lowest BCUT2D eigenvalue weighted by molar-refractivity contribution is 0.0901. The summed E-state index contributed by atoms with van der Waals surface area (Å²) >= 11 is 0. The quantitative estimate of drug-likeness (QED) is 0.878. The lowest BCUT2D eigenvalue weighted by Crippen LogP contribution is -2.38. The average molecular weight is 260 g/mol. The van der Waals surface area contributed by atoms with Gasteiger partial charge in [-0.15, -0.1) is 5.10 Å². The van der Waals surface area contributed by atoms with Crippen LogP contribution in [0.2, 0.25) is 0 Å². The lowest BCUT2D eigenvalue weighted by atomic mass is 10.2. The van der Waals surface area contributed by atoms with Crippen molar-refractivity contribution in [2.45, 2.75) is 12.6 Å². The molecule has 0 spiro atoms. The monoisotopic (exact) mass is 260 g/mol. The van der Waals surface area contributed by atoms with Gasteiger partial charge >= 0.3 is 0 Å². The number of ether oxygens (including phenoxy) is 2. The Morgan fingerprint density at radius 1 is 1.37 bits per heavy atom. The highest BCUT2D eigenvalue weighted by Gasteiger charge is 2.19. The first-order valence-corrected chi connectivity index (χ1v) is 6.25. The van der Waals surface area contributed by atoms with Crippen molar-refractivity contribution in [3.63, 3.8) is 0 Å². The molecule has 6 nitrogen and oxygen atoms in total. The van der Waals surface area contributed by atoms with Crippen LogP contribution in [0.4, 0.5) is 0 Å². The molecule has 1 unspecified atom stereocenters. The van der Waals surface area contributed by atoms with E-state index in [1.165, 1.54) is 0 Å². The fourth-order valence-electron chi connectivity index (χ4n) is 2.00. The number of aromatic nitrogens is 3. The van der Waals surface area contributed by atoms with Crippen LogP contribution in [0.15, 0.2) is 30.5 Å². The molecule has 2 aromatic rings. The van der Waals surface area contributed by atoms with E-state index in [9.17, 15) is 0 Å². The molecule has 3 rings (SSSR count). The van der Waals surface area contributed by atoms with Crippen LogP contribution >= 0.6 is 0 Å². The summed E-state index contributed by atoms with van der Waals surface area (Å²) in [5, 5.41) is 11.2. The van der Waals surface area contributed by atoms with E-state index in [-0.39, 0.29) is 6.10 Å². The molecule has 1 aliphatic rings. The van der Waals surface area contributed by atoms with Crippen LogP contribution < -0.4 is 14.8 Å². The summed E-state index contributed by atoms with van der Waals surface area (Å²) in [5.74, 6) is 1.62. The summed E-state index contributed by atoms with van der Waals surface area (Å²) < 4.78 is 13.2. The first-order chi connectivity index (χ1) is 9.31. The average Bonchev–Trinajstić information content (AvgIpc) is 2.84. The Morgan fingerprint density at radius 3 is 3.00 bits per heavy atom. The molecule has 0 amide bonds. The minimum atomic E-state index is 0.0200. The van der Waals surface area contributed by atoms with Crippen molar-refractivity contribution in [1.29, 1.82) is 0 Å². The summed E-state index contributed by atoms with van der Waals surface area (Å²) in [7, 11) is 1.85. The summed E-state index contributed by atoms with van der Waals surface area (Å²) in [6, 6.07) is 7.72. The Labute approximate surface area is 111 Å². The number of para-hydroxylation sites is 2. The van der Waals surface area contributed by atoms with E-state index in [0.29, 0.717) is 19.7 Å². The maximum Gasteiger partial charge on any atom is 0.161 e. The van der Waals surface area contributed by atoms with Gasteiger partial charge in [-0.05, 0) is 12.1 Å². The van der Waals surface area contributed by atoms with Crippen molar-refractivity contribution < 1.29 is 9.47 Å². The van der Waals surface area contributed by atoms with Crippen molar-refractivity contribution in [1.82, 2.24) is 20.3 Å². The van der Waals surface area contributed by atoms with Gasteiger partial charge < -0.3 is 14.8 Å². The third-order valence-corrected chi connectivity index (χ3v) is 2.90. The summed E-state index contributed by atoms with van der Waals surface area (Å²) in [5.41, 5.74) is 0.916. The zero-order valence-electron chi connectivity index (χ0n) is 10.7. The van der Waals surface area contributed by atoms with Crippen molar-refractivity contribution >= 4 is 0 Å². The van der Waals surface area contributed by atoms with Gasteiger partial charge in [-0.1, -0.05) is 17.3 Å². The third kappa shape index (κ3) is 2.85. The van der Waals surface area contributed by atoms with Crippen LogP contribution in [0.25, 0.3) is 0 Å². The molecule has 1 N–H and O–H groups in total. The Bertz CT molecular complexity index is 555. The molecule has 0 saturated heterocycles. The molecule has 0 bridgehead atoms. The number of fused-ring (bicyclic) bond motifs is 1. The number of hydrogen-bond acceptors (Lipinski definition) is 5. The minimum Gasteiger partial charge on any atom is -0.486 e. The Morgan fingerprint density at radius 2 is 2.21 bits per heavy atom. The van der Waals surface area contributed by atoms with E-state index in [1.54, 1.807) is 4.68 Å². The second kappa shape index (κ2) is 5.27. The van der Waals surface area contributed by atoms with Crippen LogP contribution in [0.3, 0.4) is 0 Å². The molecule has 6 heteroatoms. The first-order valence-electron chi connectivity index (χ1n) is 6.25. The van der Waals surface area contributed by atoms with Gasteiger partial charge in [0, 0.05) is 26.3 Å². The van der Waals surface area contributed by atoms with E-state index >= 15 is 0 Å². The molecule has 1 aliphatic heterocycles. The van der Waals surface area contributed by atoms with Gasteiger partial charge in [0.25, 0.3) is 0 Å². The second-order valence-electron chi connectivity index (χ2n) is 4.51. The van der Waals surface area contributed by atoms with Gasteiger partial charge in [0.1, 0.15) is 12.7 Å². The molecule has 0 aliphatic carbocycles. The molecule has 0 radical (unpaired) electrons. The molecule has 1 aromatic heterocycles. The van der Waals surface area contributed by atoms with Gasteiger partial charge in [0.15, 0.2) is 11.5 Å². The fourth-order valence-corrected chi connectivity index (χ4v) is 2.00. The van der Waals surface area contributed by atoms with Crippen LogP contribution in [-0.4, -0.2) is 34.2 Å². The predicted octanol–water partition coefficient (Wildman–Crippen LogP) is 0.745. The van der Waals surface area contributed by atoms with Crippen molar-refractivity contribution in [2.75, 3.05) is 13.2 Å². The molecule has 19 heavy (non-hydrogen) atoms. The van der Waals surface area contributed by atoms with Crippen LogP contribution in [0.1, 0.15) is 5.69 Å². The maximum absolute atomic E-state index is 5.85. The largest absolute Gasteiger partial charge is 0.486 e. The topological polar surface area (TPSA) is 61.2 Å². The van der Waals surface area contributed by atoms with Crippen LogP contribution in [-0.2, 0) is 13.6 Å². The van der Waals surface area contributed by atoms with Crippen LogP contribution in [0.5, 0.6) is 11.5 Å². The van der Waals surface area contributed by atoms with Gasteiger partial charge in [0.05, 0.1) is 5.69 Å². The highest BCUT2D eigenvalue weighted by molar-refractivity contribution is 5.40. The zero-order chi connectivity index (χ0) is 13.1. The molecule has 100 valence electrons. The fraction of sp³-hybridized carbons (Fsp3) is 0.385. The minimum absolute atomic E-state index is 0.0200. The number of nitrogens with zero attached hydrogens (tertiary/aromatic N) is 3. The maximum atomic E-state index is 5.85. The van der Waals surface area contributed by atoms with Crippen LogP contribution in [0, 0.1) is 0 Å². The predicted molar refractivity (Wildman–Crippen MR) is 69.1 cm³/mol. The van der Waals surface area contributed by atoms with Crippen molar-refractivity contribution in [3.8, 4) is 11.5 Å². The van der Waals surface area contributed by atoms with E-state index in [0.717, 1.165) is 17.2 Å². The highest BCUT2D eigenvalue weighted by atomic mass is 16.6. The standard InChI is InChI=1S/C13H16N4O2/c1-17-8-10(15-16-17)6-14-7-11-9-18-12-4-2-3-5-13(12)19-11/h2-5,8,11,14H,6-7,9H2,1H3. The SMILES string of the molecule is Cn1cc(CNCC2COc3ccccc3O2)nn1. The molecule has 1 atom stereocenters. The third-order valence-electron chi connectivity index (χ3n) is 2.90. The number of hydrogen-bond donors (Lipinski definition) is 1. The summed E-state index contributed by atoms with van der Waals surface area (Å²) in [6.07, 6.45) is 1.91. The molecule has 0 fully saturated rings. The Balaban J connectivity index is 1.50. The zero-order valence-corrected chi connectivity index (χ0v) is 10.7. The second-order valence-corrected chi connectivity index (χ2v) is 4.51. The number of nitrogens with one attached hydrogen (secondary N) is 1. The summed E-state index contributed by atoms with van der Waals surface area (Å²) in [6.45, 7) is 1.95. The van der Waals surface area contributed by atoms with Crippen molar-refractivity contribution in [3.05, 3.63) is 36.2 Å². The molecule has 2 heterocycles. The van der Waals surface area contributed by atoms with Gasteiger partial charge in [0.2, 0.25) is 0 Å². The Kier molecular flexibility index (Phi) is 3.33. The number of benzene rings is 1. The lowest BCUT2D eigenvalue weighted by Gasteiger charge is -2.26. The molecule has 0 saturated carbocycles. The van der Waals surface area contributed by atoms with Crippen molar-refractivity contribution in [2.24, 2.45) is 7.05 Å². The van der Waals surface area contributed by atoms with Gasteiger partial charge in [-0.2, -0.15) is 0 Å². The van der Waals surface area contributed by atoms with Gasteiger partial charge in [-0.25, -0.2) is 0 Å².